The number of rotatable bonds is 3. The van der Waals surface area contributed by atoms with E-state index in [0.29, 0.717) is 6.29 Å². The Morgan fingerprint density at radius 3 is 2.85 bits per heavy atom. The Bertz CT molecular complexity index is 312. The van der Waals surface area contributed by atoms with Crippen LogP contribution in [0.15, 0.2) is 18.2 Å². The molecule has 70 valence electrons. The highest BCUT2D eigenvalue weighted by atomic mass is 35.5. The molecule has 0 heterocycles. The molecule has 0 aromatic heterocycles. The van der Waals surface area contributed by atoms with Crippen molar-refractivity contribution >= 4 is 17.9 Å². The van der Waals surface area contributed by atoms with Crippen LogP contribution in [0.2, 0.25) is 5.02 Å². The molecule has 0 bridgehead atoms. The quantitative estimate of drug-likeness (QED) is 0.705. The number of benzene rings is 1. The molecule has 0 radical (unpaired) electrons. The largest absolute Gasteiger partial charge is 0.460 e. The zero-order chi connectivity index (χ0) is 9.84. The number of carbonyl (C=O) groups excluding carboxylic acids is 1. The summed E-state index contributed by atoms with van der Waals surface area (Å²) in [6.07, 6.45) is -0.919. The molecule has 0 saturated heterocycles. The minimum absolute atomic E-state index is 0.164. The van der Waals surface area contributed by atoms with E-state index in [1.807, 2.05) is 0 Å². The van der Waals surface area contributed by atoms with Gasteiger partial charge < -0.3 is 4.74 Å². The van der Waals surface area contributed by atoms with Crippen molar-refractivity contribution in [2.75, 3.05) is 0 Å². The van der Waals surface area contributed by atoms with Crippen LogP contribution < -0.4 is 4.74 Å². The SMILES string of the molecule is CC(F)Oc1cccc(Cl)c1C=O. The lowest BCUT2D eigenvalue weighted by molar-refractivity contribution is 0.0843. The predicted molar refractivity (Wildman–Crippen MR) is 48.0 cm³/mol. The third-order valence-corrected chi connectivity index (χ3v) is 1.75. The fourth-order valence-electron chi connectivity index (χ4n) is 0.909. The Kier molecular flexibility index (Phi) is 3.25. The molecule has 1 aromatic rings. The first kappa shape index (κ1) is 9.99. The highest BCUT2D eigenvalue weighted by Gasteiger charge is 2.09. The van der Waals surface area contributed by atoms with Gasteiger partial charge in [0.15, 0.2) is 6.29 Å². The van der Waals surface area contributed by atoms with Gasteiger partial charge in [-0.3, -0.25) is 4.79 Å². The Balaban J connectivity index is 3.05. The van der Waals surface area contributed by atoms with E-state index in [1.54, 1.807) is 12.1 Å². The molecular formula is C9H8ClFO2. The molecule has 0 spiro atoms. The van der Waals surface area contributed by atoms with Gasteiger partial charge in [0.25, 0.3) is 0 Å². The van der Waals surface area contributed by atoms with Crippen LogP contribution >= 0.6 is 11.6 Å². The first-order chi connectivity index (χ1) is 6.15. The molecule has 1 rings (SSSR count). The van der Waals surface area contributed by atoms with E-state index in [-0.39, 0.29) is 16.3 Å². The Labute approximate surface area is 80.3 Å². The van der Waals surface area contributed by atoms with Crippen molar-refractivity contribution in [1.29, 1.82) is 0 Å². The molecule has 4 heteroatoms. The average Bonchev–Trinajstić information content (AvgIpc) is 2.03. The number of aldehydes is 1. The summed E-state index contributed by atoms with van der Waals surface area (Å²) < 4.78 is 17.2. The molecule has 0 fully saturated rings. The zero-order valence-corrected chi connectivity index (χ0v) is 7.72. The summed E-state index contributed by atoms with van der Waals surface area (Å²) >= 11 is 5.68. The molecule has 0 aliphatic heterocycles. The minimum Gasteiger partial charge on any atom is -0.460 e. The second-order valence-electron chi connectivity index (χ2n) is 2.43. The lowest BCUT2D eigenvalue weighted by atomic mass is 10.2. The van der Waals surface area contributed by atoms with E-state index in [9.17, 15) is 9.18 Å². The topological polar surface area (TPSA) is 26.3 Å². The highest BCUT2D eigenvalue weighted by molar-refractivity contribution is 6.33. The maximum atomic E-state index is 12.5. The third kappa shape index (κ3) is 2.42. The van der Waals surface area contributed by atoms with E-state index in [1.165, 1.54) is 13.0 Å². The molecule has 2 nitrogen and oxygen atoms in total. The fourth-order valence-corrected chi connectivity index (χ4v) is 1.12. The molecular weight excluding hydrogens is 195 g/mol. The predicted octanol–water partition coefficient (Wildman–Crippen LogP) is 2.85. The Hall–Kier alpha value is -1.09. The van der Waals surface area contributed by atoms with Crippen LogP contribution in [-0.4, -0.2) is 12.6 Å². The first-order valence-electron chi connectivity index (χ1n) is 3.69. The van der Waals surface area contributed by atoms with Crippen molar-refractivity contribution in [2.24, 2.45) is 0 Å². The van der Waals surface area contributed by atoms with E-state index < -0.39 is 6.36 Å². The summed E-state index contributed by atoms with van der Waals surface area (Å²) in [6, 6.07) is 4.62. The van der Waals surface area contributed by atoms with Gasteiger partial charge in [-0.15, -0.1) is 0 Å². The van der Waals surface area contributed by atoms with Crippen LogP contribution in [0.3, 0.4) is 0 Å². The molecule has 0 aliphatic carbocycles. The van der Waals surface area contributed by atoms with Gasteiger partial charge in [0.1, 0.15) is 5.75 Å². The smallest absolute Gasteiger partial charge is 0.235 e. The van der Waals surface area contributed by atoms with Crippen molar-refractivity contribution in [2.45, 2.75) is 13.3 Å². The molecule has 0 saturated carbocycles. The van der Waals surface area contributed by atoms with E-state index in [2.05, 4.69) is 0 Å². The van der Waals surface area contributed by atoms with Gasteiger partial charge in [-0.05, 0) is 12.1 Å². The molecule has 0 amide bonds. The van der Waals surface area contributed by atoms with Gasteiger partial charge >= 0.3 is 0 Å². The summed E-state index contributed by atoms with van der Waals surface area (Å²) in [7, 11) is 0. The van der Waals surface area contributed by atoms with E-state index >= 15 is 0 Å². The number of alkyl halides is 1. The zero-order valence-electron chi connectivity index (χ0n) is 6.96. The van der Waals surface area contributed by atoms with Crippen molar-refractivity contribution in [3.05, 3.63) is 28.8 Å². The molecule has 0 aliphatic rings. The lowest BCUT2D eigenvalue weighted by Gasteiger charge is -2.09. The Morgan fingerprint density at radius 2 is 2.31 bits per heavy atom. The Morgan fingerprint density at radius 1 is 1.62 bits per heavy atom. The maximum Gasteiger partial charge on any atom is 0.235 e. The number of halogens is 2. The third-order valence-electron chi connectivity index (χ3n) is 1.42. The van der Waals surface area contributed by atoms with Gasteiger partial charge in [-0.1, -0.05) is 17.7 Å². The van der Waals surface area contributed by atoms with Gasteiger partial charge in [0.2, 0.25) is 6.36 Å². The van der Waals surface area contributed by atoms with Crippen molar-refractivity contribution < 1.29 is 13.9 Å². The maximum absolute atomic E-state index is 12.5. The second-order valence-corrected chi connectivity index (χ2v) is 2.84. The standard InChI is InChI=1S/C9H8ClFO2/c1-6(11)13-9-4-2-3-8(10)7(9)5-12/h2-6H,1H3. The fraction of sp³-hybridized carbons (Fsp3) is 0.222. The van der Waals surface area contributed by atoms with Gasteiger partial charge in [0, 0.05) is 6.92 Å². The van der Waals surface area contributed by atoms with Crippen molar-refractivity contribution in [3.63, 3.8) is 0 Å². The van der Waals surface area contributed by atoms with E-state index in [4.69, 9.17) is 16.3 Å². The molecule has 13 heavy (non-hydrogen) atoms. The number of hydrogen-bond acceptors (Lipinski definition) is 2. The summed E-state index contributed by atoms with van der Waals surface area (Å²) in [5.41, 5.74) is 0.175. The first-order valence-corrected chi connectivity index (χ1v) is 4.07. The minimum atomic E-state index is -1.46. The summed E-state index contributed by atoms with van der Waals surface area (Å²) in [5.74, 6) is 0.164. The van der Waals surface area contributed by atoms with Gasteiger partial charge in [-0.25, -0.2) is 4.39 Å². The highest BCUT2D eigenvalue weighted by Crippen LogP contribution is 2.25. The van der Waals surface area contributed by atoms with Crippen LogP contribution in [0.25, 0.3) is 0 Å². The van der Waals surface area contributed by atoms with Crippen molar-refractivity contribution in [3.8, 4) is 5.75 Å². The lowest BCUT2D eigenvalue weighted by Crippen LogP contribution is -2.05. The van der Waals surface area contributed by atoms with Gasteiger partial charge in [-0.2, -0.15) is 0 Å². The van der Waals surface area contributed by atoms with Crippen LogP contribution in [0, 0.1) is 0 Å². The van der Waals surface area contributed by atoms with Gasteiger partial charge in [0.05, 0.1) is 10.6 Å². The molecule has 0 N–H and O–H groups in total. The number of ether oxygens (including phenoxy) is 1. The molecule has 1 atom stereocenters. The molecule has 1 unspecified atom stereocenters. The molecule has 1 aromatic carbocycles. The number of carbonyl (C=O) groups is 1. The van der Waals surface area contributed by atoms with Crippen LogP contribution in [0.4, 0.5) is 4.39 Å². The summed E-state index contributed by atoms with van der Waals surface area (Å²) in [6.45, 7) is 1.23. The van der Waals surface area contributed by atoms with Crippen LogP contribution in [-0.2, 0) is 0 Å². The van der Waals surface area contributed by atoms with E-state index in [0.717, 1.165) is 0 Å². The summed E-state index contributed by atoms with van der Waals surface area (Å²) in [5, 5.41) is 0.258. The number of hydrogen-bond donors (Lipinski definition) is 0. The van der Waals surface area contributed by atoms with Crippen LogP contribution in [0.5, 0.6) is 5.75 Å². The normalized spacial score (nSPS) is 12.2. The monoisotopic (exact) mass is 202 g/mol. The van der Waals surface area contributed by atoms with Crippen LogP contribution in [0.1, 0.15) is 17.3 Å². The summed E-state index contributed by atoms with van der Waals surface area (Å²) in [4.78, 5) is 10.5. The average molecular weight is 203 g/mol. The second kappa shape index (κ2) is 4.23. The van der Waals surface area contributed by atoms with Crippen molar-refractivity contribution in [1.82, 2.24) is 0 Å².